The van der Waals surface area contributed by atoms with Crippen molar-refractivity contribution in [1.29, 1.82) is 0 Å². The van der Waals surface area contributed by atoms with Gasteiger partial charge in [-0.3, -0.25) is 11.3 Å². The van der Waals surface area contributed by atoms with Crippen LogP contribution in [0.15, 0.2) is 18.2 Å². The predicted molar refractivity (Wildman–Crippen MR) is 75.0 cm³/mol. The van der Waals surface area contributed by atoms with Gasteiger partial charge in [0.15, 0.2) is 0 Å². The molecule has 0 aliphatic heterocycles. The fourth-order valence-corrected chi connectivity index (χ4v) is 2.96. The number of hydrogen-bond acceptors (Lipinski definition) is 4. The number of rotatable bonds is 7. The van der Waals surface area contributed by atoms with E-state index in [4.69, 9.17) is 17.4 Å². The van der Waals surface area contributed by atoms with Gasteiger partial charge in [-0.05, 0) is 30.5 Å². The van der Waals surface area contributed by atoms with E-state index in [0.717, 1.165) is 0 Å². The van der Waals surface area contributed by atoms with Crippen molar-refractivity contribution in [3.05, 3.63) is 34.6 Å². The van der Waals surface area contributed by atoms with Gasteiger partial charge in [0.25, 0.3) is 0 Å². The summed E-state index contributed by atoms with van der Waals surface area (Å²) in [5.74, 6) is 5.27. The van der Waals surface area contributed by atoms with Crippen molar-refractivity contribution in [2.24, 2.45) is 5.84 Å². The van der Waals surface area contributed by atoms with Crippen LogP contribution in [-0.4, -0.2) is 19.9 Å². The standard InChI is InChI=1S/C12H18ClFN2O2S/c1-2-19(17,18)7-3-4-12(16-15)10-6-5-9(14)8-11(10)13/h5-6,8,12,16H,2-4,7,15H2,1H3. The lowest BCUT2D eigenvalue weighted by molar-refractivity contribution is 0.506. The Morgan fingerprint density at radius 1 is 1.47 bits per heavy atom. The lowest BCUT2D eigenvalue weighted by atomic mass is 10.0. The second kappa shape index (κ2) is 7.19. The van der Waals surface area contributed by atoms with E-state index in [1.54, 1.807) is 13.0 Å². The third kappa shape index (κ3) is 5.06. The van der Waals surface area contributed by atoms with E-state index in [0.29, 0.717) is 18.4 Å². The summed E-state index contributed by atoms with van der Waals surface area (Å²) in [7, 11) is -2.98. The maximum absolute atomic E-state index is 13.0. The summed E-state index contributed by atoms with van der Waals surface area (Å²) in [5, 5.41) is 0.279. The van der Waals surface area contributed by atoms with Gasteiger partial charge in [-0.15, -0.1) is 0 Å². The van der Waals surface area contributed by atoms with Crippen LogP contribution in [0.3, 0.4) is 0 Å². The first-order chi connectivity index (χ1) is 8.89. The van der Waals surface area contributed by atoms with E-state index >= 15 is 0 Å². The lowest BCUT2D eigenvalue weighted by Crippen LogP contribution is -2.28. The van der Waals surface area contributed by atoms with E-state index in [-0.39, 0.29) is 22.6 Å². The minimum absolute atomic E-state index is 0.112. The average molecular weight is 309 g/mol. The number of halogens is 2. The Bertz CT molecular complexity index is 522. The molecule has 0 saturated heterocycles. The molecule has 19 heavy (non-hydrogen) atoms. The van der Waals surface area contributed by atoms with Gasteiger partial charge in [-0.25, -0.2) is 12.8 Å². The first kappa shape index (κ1) is 16.4. The molecule has 4 nitrogen and oxygen atoms in total. The van der Waals surface area contributed by atoms with Gasteiger partial charge in [0.2, 0.25) is 0 Å². The summed E-state index contributed by atoms with van der Waals surface area (Å²) in [5.41, 5.74) is 3.25. The Morgan fingerprint density at radius 3 is 2.68 bits per heavy atom. The summed E-state index contributed by atoms with van der Waals surface area (Å²) in [6.07, 6.45) is 0.986. The molecule has 1 atom stereocenters. The van der Waals surface area contributed by atoms with Crippen LogP contribution in [0, 0.1) is 5.82 Å². The van der Waals surface area contributed by atoms with Crippen LogP contribution in [0.1, 0.15) is 31.4 Å². The molecule has 1 rings (SSSR count). The zero-order valence-electron chi connectivity index (χ0n) is 10.7. The first-order valence-electron chi connectivity index (χ1n) is 6.01. The SMILES string of the molecule is CCS(=O)(=O)CCCC(NN)c1ccc(F)cc1Cl. The van der Waals surface area contributed by atoms with Crippen molar-refractivity contribution in [3.63, 3.8) is 0 Å². The molecule has 0 spiro atoms. The van der Waals surface area contributed by atoms with Gasteiger partial charge in [0.05, 0.1) is 5.75 Å². The largest absolute Gasteiger partial charge is 0.271 e. The van der Waals surface area contributed by atoms with Crippen molar-refractivity contribution in [3.8, 4) is 0 Å². The Balaban J connectivity index is 2.68. The monoisotopic (exact) mass is 308 g/mol. The smallest absolute Gasteiger partial charge is 0.150 e. The maximum atomic E-state index is 13.0. The first-order valence-corrected chi connectivity index (χ1v) is 8.21. The molecule has 108 valence electrons. The minimum Gasteiger partial charge on any atom is -0.271 e. The fraction of sp³-hybridized carbons (Fsp3) is 0.500. The molecular weight excluding hydrogens is 291 g/mol. The topological polar surface area (TPSA) is 72.2 Å². The quantitative estimate of drug-likeness (QED) is 0.598. The van der Waals surface area contributed by atoms with Crippen LogP contribution in [0.4, 0.5) is 4.39 Å². The molecule has 3 N–H and O–H groups in total. The van der Waals surface area contributed by atoms with Crippen LogP contribution in [-0.2, 0) is 9.84 Å². The molecule has 7 heteroatoms. The molecule has 0 aromatic heterocycles. The summed E-state index contributed by atoms with van der Waals surface area (Å²) in [6.45, 7) is 1.62. The van der Waals surface area contributed by atoms with E-state index < -0.39 is 15.7 Å². The van der Waals surface area contributed by atoms with E-state index in [1.165, 1.54) is 12.1 Å². The van der Waals surface area contributed by atoms with E-state index in [2.05, 4.69) is 5.43 Å². The highest BCUT2D eigenvalue weighted by molar-refractivity contribution is 7.91. The number of sulfone groups is 1. The predicted octanol–water partition coefficient (Wildman–Crippen LogP) is 2.20. The Kier molecular flexibility index (Phi) is 6.19. The normalized spacial score (nSPS) is 13.5. The molecule has 0 saturated carbocycles. The second-order valence-electron chi connectivity index (χ2n) is 4.26. The molecule has 0 amide bonds. The molecule has 0 fully saturated rings. The summed E-state index contributed by atoms with van der Waals surface area (Å²) >= 11 is 5.95. The molecule has 0 radical (unpaired) electrons. The van der Waals surface area contributed by atoms with Crippen molar-refractivity contribution in [2.45, 2.75) is 25.8 Å². The van der Waals surface area contributed by atoms with Gasteiger partial charge >= 0.3 is 0 Å². The Morgan fingerprint density at radius 2 is 2.16 bits per heavy atom. The second-order valence-corrected chi connectivity index (χ2v) is 7.14. The van der Waals surface area contributed by atoms with Crippen molar-refractivity contribution in [2.75, 3.05) is 11.5 Å². The number of hydrogen-bond donors (Lipinski definition) is 2. The van der Waals surface area contributed by atoms with Gasteiger partial charge in [-0.1, -0.05) is 24.6 Å². The maximum Gasteiger partial charge on any atom is 0.150 e. The molecule has 1 unspecified atom stereocenters. The van der Waals surface area contributed by atoms with E-state index in [9.17, 15) is 12.8 Å². The number of nitrogens with one attached hydrogen (secondary N) is 1. The van der Waals surface area contributed by atoms with Crippen LogP contribution in [0.5, 0.6) is 0 Å². The van der Waals surface area contributed by atoms with Crippen LogP contribution < -0.4 is 11.3 Å². The molecule has 1 aromatic carbocycles. The molecule has 0 aliphatic rings. The summed E-state index contributed by atoms with van der Waals surface area (Å²) in [4.78, 5) is 0. The van der Waals surface area contributed by atoms with Crippen molar-refractivity contribution in [1.82, 2.24) is 5.43 Å². The average Bonchev–Trinajstić information content (AvgIpc) is 2.36. The van der Waals surface area contributed by atoms with Crippen molar-refractivity contribution < 1.29 is 12.8 Å². The molecule has 0 bridgehead atoms. The van der Waals surface area contributed by atoms with Crippen LogP contribution >= 0.6 is 11.6 Å². The highest BCUT2D eigenvalue weighted by Gasteiger charge is 2.15. The highest BCUT2D eigenvalue weighted by atomic mass is 35.5. The Hall–Kier alpha value is -0.690. The van der Waals surface area contributed by atoms with Gasteiger partial charge in [0, 0.05) is 16.8 Å². The van der Waals surface area contributed by atoms with Crippen molar-refractivity contribution >= 4 is 21.4 Å². The molecule has 1 aromatic rings. The lowest BCUT2D eigenvalue weighted by Gasteiger charge is -2.17. The van der Waals surface area contributed by atoms with Crippen LogP contribution in [0.2, 0.25) is 5.02 Å². The zero-order chi connectivity index (χ0) is 14.5. The number of nitrogens with two attached hydrogens (primary N) is 1. The molecule has 0 aliphatic carbocycles. The van der Waals surface area contributed by atoms with Gasteiger partial charge in [0.1, 0.15) is 15.7 Å². The van der Waals surface area contributed by atoms with Crippen LogP contribution in [0.25, 0.3) is 0 Å². The van der Waals surface area contributed by atoms with Gasteiger partial charge in [-0.2, -0.15) is 0 Å². The minimum atomic E-state index is -2.98. The third-order valence-corrected chi connectivity index (χ3v) is 5.04. The fourth-order valence-electron chi connectivity index (χ4n) is 1.76. The highest BCUT2D eigenvalue weighted by Crippen LogP contribution is 2.26. The Labute approximate surface area is 118 Å². The van der Waals surface area contributed by atoms with Gasteiger partial charge < -0.3 is 0 Å². The number of hydrazine groups is 1. The molecular formula is C12H18ClFN2O2S. The summed E-state index contributed by atoms with van der Waals surface area (Å²) in [6, 6.07) is 3.77. The van der Waals surface area contributed by atoms with E-state index in [1.807, 2.05) is 0 Å². The zero-order valence-corrected chi connectivity index (χ0v) is 12.3. The third-order valence-electron chi connectivity index (χ3n) is 2.93. The number of benzene rings is 1. The summed E-state index contributed by atoms with van der Waals surface area (Å²) < 4.78 is 35.7. The molecule has 0 heterocycles.